The van der Waals surface area contributed by atoms with E-state index in [1.807, 2.05) is 0 Å². The molecule has 1 aromatic heterocycles. The molecule has 3 rings (SSSR count). The van der Waals surface area contributed by atoms with Crippen LogP contribution in [0.2, 0.25) is 0 Å². The van der Waals surface area contributed by atoms with Crippen LogP contribution in [0.4, 0.5) is 14.6 Å². The Morgan fingerprint density at radius 2 is 2.10 bits per heavy atom. The Balaban J connectivity index is 2.18. The average Bonchev–Trinajstić information content (AvgIpc) is 2.74. The largest absolute Gasteiger partial charge is 0.308 e. The molecule has 0 saturated carbocycles. The lowest BCUT2D eigenvalue weighted by Crippen LogP contribution is -2.21. The van der Waals surface area contributed by atoms with E-state index in [0.717, 1.165) is 11.8 Å². The zero-order valence-electron chi connectivity index (χ0n) is 11.4. The van der Waals surface area contributed by atoms with E-state index in [0.29, 0.717) is 11.4 Å². The van der Waals surface area contributed by atoms with Crippen LogP contribution in [0.1, 0.15) is 29.0 Å². The molecule has 0 aliphatic carbocycles. The van der Waals surface area contributed by atoms with Crippen molar-refractivity contribution < 1.29 is 13.6 Å². The van der Waals surface area contributed by atoms with Gasteiger partial charge in [0, 0.05) is 16.8 Å². The van der Waals surface area contributed by atoms with Crippen LogP contribution in [0.3, 0.4) is 0 Å². The average molecular weight is 309 g/mol. The van der Waals surface area contributed by atoms with Gasteiger partial charge in [-0.1, -0.05) is 12.1 Å². The summed E-state index contributed by atoms with van der Waals surface area (Å²) in [5, 5.41) is 8.64. The van der Waals surface area contributed by atoms with E-state index in [2.05, 4.69) is 15.5 Å². The summed E-state index contributed by atoms with van der Waals surface area (Å²) >= 11 is 1.27. The van der Waals surface area contributed by atoms with Gasteiger partial charge in [-0.15, -0.1) is 11.8 Å². The normalized spacial score (nSPS) is 21.6. The highest BCUT2D eigenvalue weighted by atomic mass is 32.2. The van der Waals surface area contributed by atoms with Crippen molar-refractivity contribution in [3.8, 4) is 0 Å². The van der Waals surface area contributed by atoms with Crippen molar-refractivity contribution in [2.24, 2.45) is 0 Å². The van der Waals surface area contributed by atoms with Gasteiger partial charge in [0.2, 0.25) is 5.91 Å². The third-order valence-electron chi connectivity index (χ3n) is 3.47. The second-order valence-electron chi connectivity index (χ2n) is 4.90. The van der Waals surface area contributed by atoms with Gasteiger partial charge in [-0.3, -0.25) is 9.89 Å². The Kier molecular flexibility index (Phi) is 3.44. The first-order valence-corrected chi connectivity index (χ1v) is 7.38. The van der Waals surface area contributed by atoms with Gasteiger partial charge in [0.15, 0.2) is 17.5 Å². The van der Waals surface area contributed by atoms with E-state index in [1.54, 1.807) is 13.8 Å². The molecule has 4 nitrogen and oxygen atoms in total. The Morgan fingerprint density at radius 3 is 2.86 bits per heavy atom. The summed E-state index contributed by atoms with van der Waals surface area (Å²) in [5.41, 5.74) is 1.62. The molecule has 2 atom stereocenters. The molecule has 7 heteroatoms. The number of hydrogen-bond donors (Lipinski definition) is 2. The number of aromatic nitrogens is 2. The molecule has 1 aromatic carbocycles. The fourth-order valence-electron chi connectivity index (χ4n) is 2.36. The molecule has 1 amide bonds. The van der Waals surface area contributed by atoms with Crippen molar-refractivity contribution in [3.63, 3.8) is 0 Å². The maximum atomic E-state index is 14.2. The molecule has 0 bridgehead atoms. The number of aromatic amines is 1. The lowest BCUT2D eigenvalue weighted by Gasteiger charge is -2.18. The number of nitrogens with zero attached hydrogens (tertiary/aromatic N) is 1. The first-order valence-electron chi connectivity index (χ1n) is 6.44. The van der Waals surface area contributed by atoms with E-state index in [-0.39, 0.29) is 11.5 Å². The summed E-state index contributed by atoms with van der Waals surface area (Å²) in [6.45, 7) is 3.52. The zero-order valence-corrected chi connectivity index (χ0v) is 12.2. The second-order valence-corrected chi connectivity index (χ2v) is 6.35. The molecule has 0 radical (unpaired) electrons. The smallest absolute Gasteiger partial charge is 0.238 e. The van der Waals surface area contributed by atoms with Gasteiger partial charge in [-0.25, -0.2) is 8.78 Å². The molecule has 0 spiro atoms. The number of thioether (sulfide) groups is 1. The predicted molar refractivity (Wildman–Crippen MR) is 77.2 cm³/mol. The Bertz CT molecular complexity index is 716. The molecular formula is C14H13F2N3OS. The van der Waals surface area contributed by atoms with Crippen LogP contribution in [-0.4, -0.2) is 21.4 Å². The van der Waals surface area contributed by atoms with E-state index >= 15 is 0 Å². The van der Waals surface area contributed by atoms with Crippen LogP contribution in [0, 0.1) is 18.6 Å². The first kappa shape index (κ1) is 14.1. The number of rotatable bonds is 1. The number of nitrogens with one attached hydrogen (secondary N) is 2. The predicted octanol–water partition coefficient (Wildman–Crippen LogP) is 3.16. The summed E-state index contributed by atoms with van der Waals surface area (Å²) in [4.78, 5) is 12.0. The highest BCUT2D eigenvalue weighted by molar-refractivity contribution is 8.01. The maximum absolute atomic E-state index is 14.2. The van der Waals surface area contributed by atoms with Crippen LogP contribution >= 0.6 is 11.8 Å². The van der Waals surface area contributed by atoms with Gasteiger partial charge in [0.1, 0.15) is 0 Å². The molecular weight excluding hydrogens is 296 g/mol. The van der Waals surface area contributed by atoms with Gasteiger partial charge in [-0.05, 0) is 19.9 Å². The van der Waals surface area contributed by atoms with Crippen molar-refractivity contribution in [1.82, 2.24) is 10.2 Å². The topological polar surface area (TPSA) is 57.8 Å². The van der Waals surface area contributed by atoms with Crippen molar-refractivity contribution in [2.75, 3.05) is 5.32 Å². The van der Waals surface area contributed by atoms with Crippen LogP contribution in [0.15, 0.2) is 18.2 Å². The highest BCUT2D eigenvalue weighted by Crippen LogP contribution is 2.45. The van der Waals surface area contributed by atoms with Crippen LogP contribution in [0.25, 0.3) is 0 Å². The minimum atomic E-state index is -0.896. The van der Waals surface area contributed by atoms with Crippen molar-refractivity contribution in [1.29, 1.82) is 0 Å². The van der Waals surface area contributed by atoms with Crippen LogP contribution in [-0.2, 0) is 4.79 Å². The summed E-state index contributed by atoms with van der Waals surface area (Å²) in [7, 11) is 0. The minimum absolute atomic E-state index is 0.202. The fourth-order valence-corrected chi connectivity index (χ4v) is 3.70. The molecule has 110 valence electrons. The minimum Gasteiger partial charge on any atom is -0.308 e. The molecule has 2 N–H and O–H groups in total. The lowest BCUT2D eigenvalue weighted by atomic mass is 10.0. The third kappa shape index (κ3) is 2.31. The van der Waals surface area contributed by atoms with Crippen LogP contribution < -0.4 is 5.32 Å². The molecule has 21 heavy (non-hydrogen) atoms. The van der Waals surface area contributed by atoms with E-state index in [1.165, 1.54) is 23.9 Å². The summed E-state index contributed by atoms with van der Waals surface area (Å²) in [5.74, 6) is -1.61. The number of aryl methyl sites for hydroxylation is 1. The van der Waals surface area contributed by atoms with Gasteiger partial charge < -0.3 is 5.32 Å². The fraction of sp³-hybridized carbons (Fsp3) is 0.286. The van der Waals surface area contributed by atoms with Crippen molar-refractivity contribution in [3.05, 3.63) is 46.7 Å². The molecule has 0 saturated heterocycles. The maximum Gasteiger partial charge on any atom is 0.238 e. The summed E-state index contributed by atoms with van der Waals surface area (Å²) < 4.78 is 27.7. The van der Waals surface area contributed by atoms with E-state index in [4.69, 9.17) is 0 Å². The third-order valence-corrected chi connectivity index (χ3v) is 4.86. The molecule has 1 aliphatic heterocycles. The first-order chi connectivity index (χ1) is 9.99. The van der Waals surface area contributed by atoms with Gasteiger partial charge >= 0.3 is 0 Å². The monoisotopic (exact) mass is 309 g/mol. The Hall–Kier alpha value is -1.89. The number of benzene rings is 1. The number of fused-ring (bicyclic) bond motifs is 1. The zero-order chi connectivity index (χ0) is 15.1. The SMILES string of the molecule is Cc1[nH]nc2c1[C@H](c1cccc(F)c1F)S[C@H](C)C(=O)N2. The molecule has 0 unspecified atom stereocenters. The summed E-state index contributed by atoms with van der Waals surface area (Å²) in [6, 6.07) is 4.08. The van der Waals surface area contributed by atoms with E-state index in [9.17, 15) is 13.6 Å². The number of hydrogen-bond acceptors (Lipinski definition) is 3. The number of carbonyl (C=O) groups is 1. The van der Waals surface area contributed by atoms with Crippen LogP contribution in [0.5, 0.6) is 0 Å². The van der Waals surface area contributed by atoms with Gasteiger partial charge in [-0.2, -0.15) is 5.10 Å². The molecule has 1 aliphatic rings. The molecule has 0 fully saturated rings. The summed E-state index contributed by atoms with van der Waals surface area (Å²) in [6.07, 6.45) is 0. The van der Waals surface area contributed by atoms with Gasteiger partial charge in [0.05, 0.1) is 10.5 Å². The number of halogens is 2. The second kappa shape index (κ2) is 5.14. The molecule has 2 aromatic rings. The Labute approximate surface area is 124 Å². The molecule has 2 heterocycles. The standard InChI is InChI=1S/C14H13F2N3OS/c1-6-10-12(8-4-3-5-9(15)11(8)16)21-7(2)14(20)17-13(10)19-18-6/h3-5,7,12H,1-2H3,(H2,17,18,19,20)/t7-,12+/m1/s1. The number of anilines is 1. The van der Waals surface area contributed by atoms with Gasteiger partial charge in [0.25, 0.3) is 0 Å². The number of H-pyrrole nitrogens is 1. The van der Waals surface area contributed by atoms with E-state index < -0.39 is 22.1 Å². The number of amides is 1. The quantitative estimate of drug-likeness (QED) is 0.851. The Morgan fingerprint density at radius 1 is 1.33 bits per heavy atom. The number of carbonyl (C=O) groups excluding carboxylic acids is 1. The van der Waals surface area contributed by atoms with Crippen molar-refractivity contribution in [2.45, 2.75) is 24.3 Å². The highest BCUT2D eigenvalue weighted by Gasteiger charge is 2.33. The lowest BCUT2D eigenvalue weighted by molar-refractivity contribution is -0.115. The van der Waals surface area contributed by atoms with Crippen molar-refractivity contribution >= 4 is 23.5 Å².